The maximum absolute atomic E-state index is 13.9. The number of hydrogen-bond acceptors (Lipinski definition) is 5. The van der Waals surface area contributed by atoms with Crippen LogP contribution >= 0.6 is 0 Å². The number of nitrogens with zero attached hydrogens (tertiary/aromatic N) is 2. The van der Waals surface area contributed by atoms with Crippen LogP contribution in [0, 0.1) is 5.82 Å². The van der Waals surface area contributed by atoms with Gasteiger partial charge in [0.25, 0.3) is 5.56 Å². The van der Waals surface area contributed by atoms with Crippen molar-refractivity contribution in [3.05, 3.63) is 64.0 Å². The molecule has 1 aromatic heterocycles. The van der Waals surface area contributed by atoms with E-state index >= 15 is 0 Å². The van der Waals surface area contributed by atoms with Crippen molar-refractivity contribution < 1.29 is 13.9 Å². The second kappa shape index (κ2) is 8.18. The molecule has 3 aromatic rings. The Morgan fingerprint density at radius 3 is 2.48 bits per heavy atom. The van der Waals surface area contributed by atoms with Crippen LogP contribution in [0.1, 0.15) is 18.3 Å². The zero-order valence-corrected chi connectivity index (χ0v) is 15.6. The fraction of sp³-hybridized carbons (Fsp3) is 0.300. The highest BCUT2D eigenvalue weighted by Gasteiger charge is 2.13. The molecular weight excluding hydrogens is 349 g/mol. The van der Waals surface area contributed by atoms with Crippen LogP contribution < -0.4 is 15.0 Å². The summed E-state index contributed by atoms with van der Waals surface area (Å²) in [6, 6.07) is 9.96. The second-order valence-corrected chi connectivity index (χ2v) is 6.13. The Bertz CT molecular complexity index is 1000. The maximum atomic E-state index is 13.9. The van der Waals surface area contributed by atoms with Gasteiger partial charge in [0.15, 0.2) is 11.5 Å². The number of H-pyrrole nitrogens is 1. The smallest absolute Gasteiger partial charge is 0.258 e. The Kier molecular flexibility index (Phi) is 5.71. The summed E-state index contributed by atoms with van der Waals surface area (Å²) in [5.74, 6) is 1.25. The fourth-order valence-corrected chi connectivity index (χ4v) is 2.95. The molecular formula is C20H22FN3O3. The number of halogens is 1. The molecule has 0 aliphatic rings. The SMILES string of the molecule is CCN(Cc1nc2cc(OC)c(OC)cc2c(=O)[nH]1)Cc1ccccc1F. The molecule has 27 heavy (non-hydrogen) atoms. The highest BCUT2D eigenvalue weighted by Crippen LogP contribution is 2.30. The predicted octanol–water partition coefficient (Wildman–Crippen LogP) is 3.10. The summed E-state index contributed by atoms with van der Waals surface area (Å²) < 4.78 is 24.5. The third-order valence-corrected chi connectivity index (χ3v) is 4.43. The van der Waals surface area contributed by atoms with E-state index in [2.05, 4.69) is 9.97 Å². The van der Waals surface area contributed by atoms with E-state index in [1.807, 2.05) is 17.9 Å². The molecule has 0 aliphatic carbocycles. The zero-order chi connectivity index (χ0) is 19.4. The van der Waals surface area contributed by atoms with Crippen LogP contribution in [0.2, 0.25) is 0 Å². The van der Waals surface area contributed by atoms with Gasteiger partial charge < -0.3 is 14.5 Å². The van der Waals surface area contributed by atoms with Crippen LogP contribution in [0.15, 0.2) is 41.2 Å². The van der Waals surface area contributed by atoms with E-state index in [9.17, 15) is 9.18 Å². The summed E-state index contributed by atoms with van der Waals surface area (Å²) in [6.07, 6.45) is 0. The summed E-state index contributed by atoms with van der Waals surface area (Å²) in [5, 5.41) is 0.425. The number of benzene rings is 2. The monoisotopic (exact) mass is 371 g/mol. The summed E-state index contributed by atoms with van der Waals surface area (Å²) in [4.78, 5) is 21.8. The number of ether oxygens (including phenoxy) is 2. The van der Waals surface area contributed by atoms with Gasteiger partial charge >= 0.3 is 0 Å². The van der Waals surface area contributed by atoms with Gasteiger partial charge in [0.05, 0.1) is 31.7 Å². The molecule has 0 radical (unpaired) electrons. The van der Waals surface area contributed by atoms with E-state index < -0.39 is 0 Å². The fourth-order valence-electron chi connectivity index (χ4n) is 2.95. The third-order valence-electron chi connectivity index (χ3n) is 4.43. The van der Waals surface area contributed by atoms with Crippen molar-refractivity contribution in [2.45, 2.75) is 20.0 Å². The van der Waals surface area contributed by atoms with Gasteiger partial charge in [-0.25, -0.2) is 9.37 Å². The Morgan fingerprint density at radius 2 is 1.81 bits per heavy atom. The lowest BCUT2D eigenvalue weighted by atomic mass is 10.2. The standard InChI is InChI=1S/C20H22FN3O3/c1-4-24(11-13-7-5-6-8-15(13)21)12-19-22-16-10-18(27-3)17(26-2)9-14(16)20(25)23-19/h5-10H,4,11-12H2,1-3H3,(H,22,23,25). The molecule has 3 rings (SSSR count). The first-order valence-electron chi connectivity index (χ1n) is 8.66. The first-order valence-corrected chi connectivity index (χ1v) is 8.66. The molecule has 1 heterocycles. The molecule has 7 heteroatoms. The molecule has 0 saturated heterocycles. The Hall–Kier alpha value is -2.93. The molecule has 0 fully saturated rings. The van der Waals surface area contributed by atoms with Crippen molar-refractivity contribution >= 4 is 10.9 Å². The Morgan fingerprint density at radius 1 is 1.11 bits per heavy atom. The van der Waals surface area contributed by atoms with Crippen LogP contribution in [-0.4, -0.2) is 35.6 Å². The minimum Gasteiger partial charge on any atom is -0.493 e. The van der Waals surface area contributed by atoms with E-state index in [1.165, 1.54) is 20.3 Å². The predicted molar refractivity (Wildman–Crippen MR) is 102 cm³/mol. The average Bonchev–Trinajstić information content (AvgIpc) is 2.68. The van der Waals surface area contributed by atoms with Gasteiger partial charge in [-0.15, -0.1) is 0 Å². The Balaban J connectivity index is 1.91. The van der Waals surface area contributed by atoms with E-state index in [1.54, 1.807) is 24.3 Å². The van der Waals surface area contributed by atoms with Crippen LogP contribution in [0.25, 0.3) is 10.9 Å². The van der Waals surface area contributed by atoms with Crippen molar-refractivity contribution in [1.82, 2.24) is 14.9 Å². The zero-order valence-electron chi connectivity index (χ0n) is 15.6. The quantitative estimate of drug-likeness (QED) is 0.691. The molecule has 0 amide bonds. The van der Waals surface area contributed by atoms with Gasteiger partial charge in [-0.3, -0.25) is 9.69 Å². The van der Waals surface area contributed by atoms with Crippen molar-refractivity contribution in [3.8, 4) is 11.5 Å². The number of methoxy groups -OCH3 is 2. The number of rotatable bonds is 7. The summed E-state index contributed by atoms with van der Waals surface area (Å²) in [5.41, 5.74) is 0.875. The van der Waals surface area contributed by atoms with Crippen LogP contribution in [0.3, 0.4) is 0 Å². The molecule has 142 valence electrons. The molecule has 0 saturated carbocycles. The largest absolute Gasteiger partial charge is 0.493 e. The van der Waals surface area contributed by atoms with Crippen molar-refractivity contribution in [1.29, 1.82) is 0 Å². The van der Waals surface area contributed by atoms with Crippen molar-refractivity contribution in [2.24, 2.45) is 0 Å². The normalized spacial score (nSPS) is 11.1. The topological polar surface area (TPSA) is 67.5 Å². The molecule has 0 atom stereocenters. The lowest BCUT2D eigenvalue weighted by Gasteiger charge is -2.20. The number of nitrogens with one attached hydrogen (secondary N) is 1. The molecule has 0 unspecified atom stereocenters. The van der Waals surface area contributed by atoms with Crippen LogP contribution in [0.4, 0.5) is 4.39 Å². The minimum absolute atomic E-state index is 0.243. The first kappa shape index (κ1) is 18.8. The molecule has 2 aromatic carbocycles. The van der Waals surface area contributed by atoms with Crippen LogP contribution in [-0.2, 0) is 13.1 Å². The number of hydrogen-bond donors (Lipinski definition) is 1. The third kappa shape index (κ3) is 4.09. The Labute approximate surface area is 156 Å². The van der Waals surface area contributed by atoms with Gasteiger partial charge in [-0.2, -0.15) is 0 Å². The second-order valence-electron chi connectivity index (χ2n) is 6.13. The first-order chi connectivity index (χ1) is 13.0. The van der Waals surface area contributed by atoms with Gasteiger partial charge in [0, 0.05) is 18.2 Å². The molecule has 0 spiro atoms. The molecule has 0 bridgehead atoms. The van der Waals surface area contributed by atoms with E-state index in [4.69, 9.17) is 9.47 Å². The van der Waals surface area contributed by atoms with E-state index in [-0.39, 0.29) is 11.4 Å². The van der Waals surface area contributed by atoms with E-state index in [0.29, 0.717) is 53.4 Å². The minimum atomic E-state index is -0.252. The van der Waals surface area contributed by atoms with E-state index in [0.717, 1.165) is 0 Å². The summed E-state index contributed by atoms with van der Waals surface area (Å²) in [7, 11) is 3.05. The molecule has 6 nitrogen and oxygen atoms in total. The van der Waals surface area contributed by atoms with Gasteiger partial charge in [-0.05, 0) is 18.7 Å². The number of fused-ring (bicyclic) bond motifs is 1. The lowest BCUT2D eigenvalue weighted by Crippen LogP contribution is -2.25. The highest BCUT2D eigenvalue weighted by atomic mass is 19.1. The molecule has 1 N–H and O–H groups in total. The summed E-state index contributed by atoms with van der Waals surface area (Å²) in [6.45, 7) is 3.48. The molecule has 0 aliphatic heterocycles. The lowest BCUT2D eigenvalue weighted by molar-refractivity contribution is 0.260. The van der Waals surface area contributed by atoms with Gasteiger partial charge in [0.1, 0.15) is 11.6 Å². The average molecular weight is 371 g/mol. The number of aromatic amines is 1. The van der Waals surface area contributed by atoms with Gasteiger partial charge in [-0.1, -0.05) is 25.1 Å². The maximum Gasteiger partial charge on any atom is 0.258 e. The summed E-state index contributed by atoms with van der Waals surface area (Å²) >= 11 is 0. The highest BCUT2D eigenvalue weighted by molar-refractivity contribution is 5.81. The van der Waals surface area contributed by atoms with Crippen LogP contribution in [0.5, 0.6) is 11.5 Å². The van der Waals surface area contributed by atoms with Gasteiger partial charge in [0.2, 0.25) is 0 Å². The van der Waals surface area contributed by atoms with Crippen molar-refractivity contribution in [2.75, 3.05) is 20.8 Å². The number of aromatic nitrogens is 2. The van der Waals surface area contributed by atoms with Crippen molar-refractivity contribution in [3.63, 3.8) is 0 Å².